The van der Waals surface area contributed by atoms with Gasteiger partial charge in [0.25, 0.3) is 0 Å². The number of benzene rings is 4. The molecule has 4 aromatic carbocycles. The zero-order valence-corrected chi connectivity index (χ0v) is 19.2. The van der Waals surface area contributed by atoms with E-state index in [0.29, 0.717) is 11.3 Å². The summed E-state index contributed by atoms with van der Waals surface area (Å²) in [6.45, 7) is 2.08. The Hall–Kier alpha value is -3.64. The monoisotopic (exact) mass is 462 g/mol. The third-order valence-corrected chi connectivity index (χ3v) is 6.08. The second-order valence-corrected chi connectivity index (χ2v) is 9.29. The second kappa shape index (κ2) is 11.8. The molecule has 6 heteroatoms. The maximum absolute atomic E-state index is 13.3. The van der Waals surface area contributed by atoms with Crippen molar-refractivity contribution in [3.05, 3.63) is 132 Å². The third-order valence-electron chi connectivity index (χ3n) is 4.76. The Morgan fingerprint density at radius 2 is 1.18 bits per heavy atom. The number of para-hydroxylation sites is 2. The first-order valence-corrected chi connectivity index (χ1v) is 12.2. The van der Waals surface area contributed by atoms with Gasteiger partial charge in [0, 0.05) is 11.4 Å². The van der Waals surface area contributed by atoms with E-state index in [1.165, 1.54) is 17.7 Å². The molecule has 4 nitrogen and oxygen atoms in total. The topological polar surface area (TPSA) is 58.2 Å². The summed E-state index contributed by atoms with van der Waals surface area (Å²) in [5.74, 6) is -0.555. The summed E-state index contributed by atoms with van der Waals surface area (Å²) in [6.07, 6.45) is 0. The van der Waals surface area contributed by atoms with Gasteiger partial charge in [-0.05, 0) is 48.9 Å². The smallest absolute Gasteiger partial charge is 0.235 e. The number of aryl methyl sites for hydroxylation is 1. The molecule has 0 fully saturated rings. The predicted octanol–water partition coefficient (Wildman–Crippen LogP) is 6.42. The van der Waals surface area contributed by atoms with Gasteiger partial charge in [-0.15, -0.1) is 0 Å². The Kier molecular flexibility index (Phi) is 8.61. The van der Waals surface area contributed by atoms with Crippen LogP contribution in [0.2, 0.25) is 0 Å². The van der Waals surface area contributed by atoms with Crippen LogP contribution in [0.15, 0.2) is 115 Å². The van der Waals surface area contributed by atoms with Crippen LogP contribution < -0.4 is 10.0 Å². The molecule has 0 unspecified atom stereocenters. The van der Waals surface area contributed by atoms with Gasteiger partial charge < -0.3 is 5.32 Å². The molecule has 0 saturated carbocycles. The van der Waals surface area contributed by atoms with Gasteiger partial charge >= 0.3 is 0 Å². The van der Waals surface area contributed by atoms with E-state index in [1.54, 1.807) is 36.4 Å². The van der Waals surface area contributed by atoms with Crippen molar-refractivity contribution in [2.75, 3.05) is 15.8 Å². The highest BCUT2D eigenvalue weighted by atomic mass is 32.2. The fourth-order valence-electron chi connectivity index (χ4n) is 3.13. The third kappa shape index (κ3) is 8.43. The van der Waals surface area contributed by atoms with E-state index in [0.717, 1.165) is 5.69 Å². The van der Waals surface area contributed by atoms with Gasteiger partial charge in [0.2, 0.25) is 10.0 Å². The molecule has 0 aliphatic carbocycles. The highest BCUT2D eigenvalue weighted by Gasteiger charge is 2.21. The molecule has 0 amide bonds. The van der Waals surface area contributed by atoms with Crippen molar-refractivity contribution in [2.45, 2.75) is 13.0 Å². The number of halogens is 1. The Bertz CT molecular complexity index is 1200. The lowest BCUT2D eigenvalue weighted by Gasteiger charge is -2.21. The van der Waals surface area contributed by atoms with Crippen LogP contribution >= 0.6 is 0 Å². The Labute approximate surface area is 195 Å². The number of hydrogen-bond acceptors (Lipinski definition) is 3. The van der Waals surface area contributed by atoms with Crippen molar-refractivity contribution < 1.29 is 12.8 Å². The summed E-state index contributed by atoms with van der Waals surface area (Å²) in [7, 11) is -3.62. The van der Waals surface area contributed by atoms with E-state index in [-0.39, 0.29) is 11.6 Å². The van der Waals surface area contributed by atoms with Crippen molar-refractivity contribution in [3.63, 3.8) is 0 Å². The summed E-state index contributed by atoms with van der Waals surface area (Å²) < 4.78 is 41.1. The first-order chi connectivity index (χ1) is 15.9. The van der Waals surface area contributed by atoms with Crippen molar-refractivity contribution in [1.29, 1.82) is 0 Å². The molecule has 33 heavy (non-hydrogen) atoms. The Balaban J connectivity index is 0.000000374. The van der Waals surface area contributed by atoms with Gasteiger partial charge in [-0.3, -0.25) is 4.72 Å². The average Bonchev–Trinajstić information content (AvgIpc) is 2.81. The minimum atomic E-state index is -3.62. The fraction of sp³-hybridized carbons (Fsp3) is 0.111. The van der Waals surface area contributed by atoms with E-state index in [2.05, 4.69) is 29.1 Å². The zero-order chi connectivity index (χ0) is 23.5. The normalized spacial score (nSPS) is 11.6. The van der Waals surface area contributed by atoms with E-state index in [1.807, 2.05) is 54.6 Å². The molecule has 0 aliphatic heterocycles. The maximum Gasteiger partial charge on any atom is 0.235 e. The van der Waals surface area contributed by atoms with Crippen molar-refractivity contribution in [1.82, 2.24) is 0 Å². The van der Waals surface area contributed by atoms with E-state index in [9.17, 15) is 12.8 Å². The number of sulfonamides is 1. The number of anilines is 2. The quantitative estimate of drug-likeness (QED) is 0.333. The summed E-state index contributed by atoms with van der Waals surface area (Å²) in [5.41, 5.74) is 3.30. The SMILES string of the molecule is Cc1ccccc1.O=S(=O)(C[C@H](Nc1ccccc1)c1ccc(F)cc1)Nc1ccccc1. The molecule has 0 bridgehead atoms. The van der Waals surface area contributed by atoms with Crippen LogP contribution in [-0.4, -0.2) is 14.2 Å². The average molecular weight is 463 g/mol. The summed E-state index contributed by atoms with van der Waals surface area (Å²) in [6, 6.07) is 33.6. The van der Waals surface area contributed by atoms with Crippen LogP contribution in [0.5, 0.6) is 0 Å². The minimum Gasteiger partial charge on any atom is -0.377 e. The van der Waals surface area contributed by atoms with Crippen molar-refractivity contribution in [2.24, 2.45) is 0 Å². The molecule has 2 N–H and O–H groups in total. The molecule has 0 spiro atoms. The second-order valence-electron chi connectivity index (χ2n) is 7.52. The molecule has 4 aromatic rings. The van der Waals surface area contributed by atoms with Crippen molar-refractivity contribution >= 4 is 21.4 Å². The largest absolute Gasteiger partial charge is 0.377 e. The van der Waals surface area contributed by atoms with Gasteiger partial charge in [-0.25, -0.2) is 12.8 Å². The number of hydrogen-bond donors (Lipinski definition) is 2. The van der Waals surface area contributed by atoms with Gasteiger partial charge in [-0.1, -0.05) is 84.4 Å². The van der Waals surface area contributed by atoms with Crippen LogP contribution in [0.4, 0.5) is 15.8 Å². The molecule has 170 valence electrons. The summed E-state index contributed by atoms with van der Waals surface area (Å²) in [5, 5.41) is 3.22. The molecule has 0 saturated heterocycles. The summed E-state index contributed by atoms with van der Waals surface area (Å²) in [4.78, 5) is 0. The first kappa shape index (κ1) is 24.0. The lowest BCUT2D eigenvalue weighted by atomic mass is 10.1. The molecule has 0 heterocycles. The highest BCUT2D eigenvalue weighted by molar-refractivity contribution is 7.92. The molecule has 0 radical (unpaired) electrons. The molecule has 4 rings (SSSR count). The standard InChI is InChI=1S/C20H19FN2O2S.C7H8/c21-17-13-11-16(12-14-17)20(22-18-7-3-1-4-8-18)15-26(24,25)23-19-9-5-2-6-10-19;1-7-5-3-2-4-6-7/h1-14,20,22-23H,15H2;2-6H,1H3/t20-;/m0./s1. The zero-order valence-electron chi connectivity index (χ0n) is 18.4. The molecule has 0 aliphatic rings. The van der Waals surface area contributed by atoms with Crippen LogP contribution in [-0.2, 0) is 10.0 Å². The highest BCUT2D eigenvalue weighted by Crippen LogP contribution is 2.22. The van der Waals surface area contributed by atoms with Gasteiger partial charge in [0.15, 0.2) is 0 Å². The minimum absolute atomic E-state index is 0.192. The lowest BCUT2D eigenvalue weighted by Crippen LogP contribution is -2.26. The van der Waals surface area contributed by atoms with Gasteiger partial charge in [-0.2, -0.15) is 0 Å². The molecular formula is C27H27FN2O2S. The summed E-state index contributed by atoms with van der Waals surface area (Å²) >= 11 is 0. The van der Waals surface area contributed by atoms with E-state index >= 15 is 0 Å². The van der Waals surface area contributed by atoms with Crippen LogP contribution in [0, 0.1) is 12.7 Å². The van der Waals surface area contributed by atoms with Crippen LogP contribution in [0.3, 0.4) is 0 Å². The Morgan fingerprint density at radius 1 is 0.697 bits per heavy atom. The van der Waals surface area contributed by atoms with Crippen LogP contribution in [0.25, 0.3) is 0 Å². The van der Waals surface area contributed by atoms with E-state index in [4.69, 9.17) is 0 Å². The fourth-order valence-corrected chi connectivity index (χ4v) is 4.43. The Morgan fingerprint density at radius 3 is 1.67 bits per heavy atom. The van der Waals surface area contributed by atoms with Crippen molar-refractivity contribution in [3.8, 4) is 0 Å². The van der Waals surface area contributed by atoms with E-state index < -0.39 is 16.1 Å². The molecule has 1 atom stereocenters. The van der Waals surface area contributed by atoms with Crippen LogP contribution in [0.1, 0.15) is 17.2 Å². The molecule has 0 aromatic heterocycles. The number of nitrogens with one attached hydrogen (secondary N) is 2. The van der Waals surface area contributed by atoms with Gasteiger partial charge in [0.1, 0.15) is 5.82 Å². The first-order valence-electron chi connectivity index (χ1n) is 10.6. The predicted molar refractivity (Wildman–Crippen MR) is 134 cm³/mol. The maximum atomic E-state index is 13.3. The lowest BCUT2D eigenvalue weighted by molar-refractivity contribution is 0.596. The number of rotatable bonds is 7. The van der Waals surface area contributed by atoms with Gasteiger partial charge in [0.05, 0.1) is 11.8 Å². The molecular weight excluding hydrogens is 435 g/mol.